The molecule has 0 aromatic heterocycles. The van der Waals surface area contributed by atoms with Gasteiger partial charge in [-0.25, -0.2) is 0 Å². The van der Waals surface area contributed by atoms with E-state index < -0.39 is 17.8 Å². The highest BCUT2D eigenvalue weighted by molar-refractivity contribution is 5.66. The number of esters is 1. The summed E-state index contributed by atoms with van der Waals surface area (Å²) < 4.78 is 10.6. The molecule has 0 saturated carbocycles. The molecule has 0 bridgehead atoms. The Labute approximate surface area is 94.5 Å². The van der Waals surface area contributed by atoms with Gasteiger partial charge in [-0.15, -0.1) is 0 Å². The van der Waals surface area contributed by atoms with Crippen molar-refractivity contribution in [2.24, 2.45) is 11.0 Å². The molecule has 1 rings (SSSR count). The van der Waals surface area contributed by atoms with Crippen LogP contribution in [0.25, 0.3) is 10.4 Å². The van der Waals surface area contributed by atoms with Crippen LogP contribution in [-0.2, 0) is 14.3 Å². The molecule has 1 fully saturated rings. The Balaban J connectivity index is 2.97. The summed E-state index contributed by atoms with van der Waals surface area (Å²) in [6.07, 6.45) is -0.0594. The van der Waals surface area contributed by atoms with Crippen LogP contribution in [0.2, 0.25) is 0 Å². The standard InChI is InChI=1S/C10H17N3O3/c1-5-8-6(2)10(4,12-13-11)9(16-8)15-7(3)14/h6,8-9H,5H2,1-4H3/t6-,8-,9?,10-/m1/s1. The van der Waals surface area contributed by atoms with E-state index in [-0.39, 0.29) is 12.0 Å². The van der Waals surface area contributed by atoms with Crippen LogP contribution < -0.4 is 0 Å². The van der Waals surface area contributed by atoms with Gasteiger partial charge in [-0.1, -0.05) is 19.0 Å². The largest absolute Gasteiger partial charge is 0.435 e. The van der Waals surface area contributed by atoms with Crippen molar-refractivity contribution in [2.75, 3.05) is 0 Å². The second-order valence-electron chi connectivity index (χ2n) is 4.23. The number of ether oxygens (including phenoxy) is 2. The summed E-state index contributed by atoms with van der Waals surface area (Å²) in [5.41, 5.74) is 7.75. The first-order valence-corrected chi connectivity index (χ1v) is 5.34. The van der Waals surface area contributed by atoms with E-state index in [2.05, 4.69) is 10.0 Å². The maximum Gasteiger partial charge on any atom is 0.304 e. The van der Waals surface area contributed by atoms with Crippen molar-refractivity contribution in [2.45, 2.75) is 52.0 Å². The van der Waals surface area contributed by atoms with Gasteiger partial charge in [0.25, 0.3) is 0 Å². The smallest absolute Gasteiger partial charge is 0.304 e. The molecule has 0 amide bonds. The summed E-state index contributed by atoms with van der Waals surface area (Å²) in [5.74, 6) is -0.425. The Kier molecular flexibility index (Phi) is 3.78. The van der Waals surface area contributed by atoms with Crippen LogP contribution in [0.15, 0.2) is 5.11 Å². The highest BCUT2D eigenvalue weighted by atomic mass is 16.7. The fourth-order valence-corrected chi connectivity index (χ4v) is 1.99. The third-order valence-corrected chi connectivity index (χ3v) is 3.19. The number of carbonyl (C=O) groups is 1. The molecule has 1 heterocycles. The number of rotatable bonds is 3. The molecular formula is C10H17N3O3. The van der Waals surface area contributed by atoms with Crippen LogP contribution in [0.1, 0.15) is 34.1 Å². The molecule has 0 aromatic carbocycles. The van der Waals surface area contributed by atoms with Gasteiger partial charge in [0.15, 0.2) is 0 Å². The zero-order valence-electron chi connectivity index (χ0n) is 10.0. The summed E-state index contributed by atoms with van der Waals surface area (Å²) in [4.78, 5) is 13.8. The molecule has 6 heteroatoms. The van der Waals surface area contributed by atoms with E-state index >= 15 is 0 Å². The summed E-state index contributed by atoms with van der Waals surface area (Å²) >= 11 is 0. The molecular weight excluding hydrogens is 210 g/mol. The van der Waals surface area contributed by atoms with Crippen LogP contribution in [0.5, 0.6) is 0 Å². The Hall–Kier alpha value is -1.26. The normalized spacial score (nSPS) is 37.9. The van der Waals surface area contributed by atoms with Gasteiger partial charge in [0.1, 0.15) is 5.54 Å². The van der Waals surface area contributed by atoms with Crippen LogP contribution in [-0.4, -0.2) is 23.9 Å². The van der Waals surface area contributed by atoms with Gasteiger partial charge < -0.3 is 9.47 Å². The Morgan fingerprint density at radius 2 is 2.31 bits per heavy atom. The van der Waals surface area contributed by atoms with E-state index in [9.17, 15) is 4.79 Å². The predicted molar refractivity (Wildman–Crippen MR) is 57.4 cm³/mol. The predicted octanol–water partition coefficient (Wildman–Crippen LogP) is 2.39. The molecule has 16 heavy (non-hydrogen) atoms. The number of hydrogen-bond donors (Lipinski definition) is 0. The maximum absolute atomic E-state index is 11.0. The summed E-state index contributed by atoms with van der Waals surface area (Å²) in [7, 11) is 0. The quantitative estimate of drug-likeness (QED) is 0.321. The Morgan fingerprint density at radius 1 is 1.69 bits per heavy atom. The van der Waals surface area contributed by atoms with Crippen LogP contribution in [0.3, 0.4) is 0 Å². The maximum atomic E-state index is 11.0. The Morgan fingerprint density at radius 3 is 2.75 bits per heavy atom. The molecule has 1 aliphatic rings. The third kappa shape index (κ3) is 2.13. The first kappa shape index (κ1) is 12.8. The van der Waals surface area contributed by atoms with Crippen molar-refractivity contribution >= 4 is 5.97 Å². The van der Waals surface area contributed by atoms with Gasteiger partial charge in [0, 0.05) is 11.8 Å². The fourth-order valence-electron chi connectivity index (χ4n) is 1.99. The topological polar surface area (TPSA) is 84.3 Å². The van der Waals surface area contributed by atoms with E-state index in [1.807, 2.05) is 13.8 Å². The van der Waals surface area contributed by atoms with Gasteiger partial charge in [-0.2, -0.15) is 0 Å². The number of nitrogens with zero attached hydrogens (tertiary/aromatic N) is 3. The van der Waals surface area contributed by atoms with Gasteiger partial charge in [0.05, 0.1) is 6.10 Å². The molecule has 4 atom stereocenters. The lowest BCUT2D eigenvalue weighted by atomic mass is 9.85. The van der Waals surface area contributed by atoms with Crippen molar-refractivity contribution in [3.8, 4) is 0 Å². The first-order chi connectivity index (χ1) is 7.45. The molecule has 1 unspecified atom stereocenters. The molecule has 0 aromatic rings. The van der Waals surface area contributed by atoms with E-state index in [1.165, 1.54) is 6.92 Å². The highest BCUT2D eigenvalue weighted by Crippen LogP contribution is 2.41. The van der Waals surface area contributed by atoms with Crippen molar-refractivity contribution in [1.82, 2.24) is 0 Å². The van der Waals surface area contributed by atoms with Gasteiger partial charge in [-0.05, 0) is 24.8 Å². The van der Waals surface area contributed by atoms with Gasteiger partial charge >= 0.3 is 5.97 Å². The molecule has 0 aliphatic carbocycles. The third-order valence-electron chi connectivity index (χ3n) is 3.19. The average Bonchev–Trinajstić information content (AvgIpc) is 2.43. The number of hydrogen-bond acceptors (Lipinski definition) is 4. The van der Waals surface area contributed by atoms with Crippen molar-refractivity contribution in [3.63, 3.8) is 0 Å². The minimum absolute atomic E-state index is 0.0118. The molecule has 90 valence electrons. The van der Waals surface area contributed by atoms with Crippen molar-refractivity contribution < 1.29 is 14.3 Å². The van der Waals surface area contributed by atoms with Crippen molar-refractivity contribution in [3.05, 3.63) is 10.4 Å². The van der Waals surface area contributed by atoms with E-state index in [0.29, 0.717) is 0 Å². The summed E-state index contributed by atoms with van der Waals surface area (Å²) in [6, 6.07) is 0. The first-order valence-electron chi connectivity index (χ1n) is 5.34. The van der Waals surface area contributed by atoms with Crippen LogP contribution in [0, 0.1) is 5.92 Å². The minimum Gasteiger partial charge on any atom is -0.435 e. The lowest BCUT2D eigenvalue weighted by Gasteiger charge is -2.27. The zero-order chi connectivity index (χ0) is 12.3. The Bertz CT molecular complexity index is 327. The monoisotopic (exact) mass is 227 g/mol. The van der Waals surface area contributed by atoms with Crippen LogP contribution >= 0.6 is 0 Å². The minimum atomic E-state index is -0.832. The average molecular weight is 227 g/mol. The van der Waals surface area contributed by atoms with Crippen LogP contribution in [0.4, 0.5) is 0 Å². The zero-order valence-corrected chi connectivity index (χ0v) is 10.0. The van der Waals surface area contributed by atoms with Crippen molar-refractivity contribution in [1.29, 1.82) is 0 Å². The summed E-state index contributed by atoms with van der Waals surface area (Å²) in [5, 5.41) is 3.75. The molecule has 1 saturated heterocycles. The van der Waals surface area contributed by atoms with E-state index in [1.54, 1.807) is 6.92 Å². The van der Waals surface area contributed by atoms with E-state index in [0.717, 1.165) is 6.42 Å². The molecule has 0 N–H and O–H groups in total. The molecule has 6 nitrogen and oxygen atoms in total. The fraction of sp³-hybridized carbons (Fsp3) is 0.900. The highest BCUT2D eigenvalue weighted by Gasteiger charge is 2.52. The van der Waals surface area contributed by atoms with Gasteiger partial charge in [-0.3, -0.25) is 4.79 Å². The molecule has 0 spiro atoms. The molecule has 0 radical (unpaired) electrons. The lowest BCUT2D eigenvalue weighted by Crippen LogP contribution is -2.40. The molecule has 1 aliphatic heterocycles. The second kappa shape index (κ2) is 4.72. The number of azide groups is 1. The summed E-state index contributed by atoms with van der Waals surface area (Å²) in [6.45, 7) is 6.98. The second-order valence-corrected chi connectivity index (χ2v) is 4.23. The lowest BCUT2D eigenvalue weighted by molar-refractivity contribution is -0.180. The van der Waals surface area contributed by atoms with E-state index in [4.69, 9.17) is 15.0 Å². The van der Waals surface area contributed by atoms with Gasteiger partial charge in [0.2, 0.25) is 6.29 Å². The SMILES string of the molecule is CC[C@H]1OC(OC(C)=O)[C@](C)(N=[N+]=[N-])[C@@H]1C. The number of carbonyl (C=O) groups excluding carboxylic acids is 1.